The molecule has 0 spiro atoms. The number of carboxylic acids is 1. The Morgan fingerprint density at radius 2 is 2.10 bits per heavy atom. The minimum Gasteiger partial charge on any atom is -0.478 e. The van der Waals surface area contributed by atoms with Gasteiger partial charge in [0.15, 0.2) is 0 Å². The number of carbonyl (C=O) groups is 1. The molecule has 0 unspecified atom stereocenters. The third-order valence-electron chi connectivity index (χ3n) is 2.23. The molecule has 0 aliphatic carbocycles. The number of nitrogens with zero attached hydrogens (tertiary/aromatic N) is 1. The molecule has 0 amide bonds. The number of benzene rings is 1. The first-order valence-corrected chi connectivity index (χ1v) is 7.04. The lowest BCUT2D eigenvalue weighted by Gasteiger charge is -2.10. The van der Waals surface area contributed by atoms with E-state index in [1.165, 1.54) is 0 Å². The van der Waals surface area contributed by atoms with Crippen molar-refractivity contribution in [1.82, 2.24) is 4.72 Å². The van der Waals surface area contributed by atoms with Gasteiger partial charge >= 0.3 is 5.97 Å². The van der Waals surface area contributed by atoms with Gasteiger partial charge in [-0.25, -0.2) is 4.79 Å². The summed E-state index contributed by atoms with van der Waals surface area (Å²) in [6.45, 7) is 1.91. The van der Waals surface area contributed by atoms with Crippen molar-refractivity contribution in [3.63, 3.8) is 0 Å². The molecular weight excluding hydrogens is 290 g/mol. The Bertz CT molecular complexity index is 628. The van der Waals surface area contributed by atoms with Gasteiger partial charge in [-0.15, -0.1) is 0 Å². The number of non-ortho nitro benzene ring substituents is 1. The average Bonchev–Trinajstić information content (AvgIpc) is 2.35. The molecule has 0 aliphatic heterocycles. The highest BCUT2D eigenvalue weighted by Crippen LogP contribution is 2.23. The van der Waals surface area contributed by atoms with E-state index in [4.69, 9.17) is 5.11 Å². The summed E-state index contributed by atoms with van der Waals surface area (Å²) in [5.74, 6) is -1.40. The highest BCUT2D eigenvalue weighted by molar-refractivity contribution is 7.90. The summed E-state index contributed by atoms with van der Waals surface area (Å²) in [4.78, 5) is 20.9. The molecule has 1 aromatic rings. The molecule has 0 heterocycles. The van der Waals surface area contributed by atoms with E-state index in [0.29, 0.717) is 6.42 Å². The summed E-state index contributed by atoms with van der Waals surface area (Å²) in [7, 11) is -3.98. The SMILES string of the molecule is CCCNS(=O)(=O)Nc1cc([N+](=O)[O-])ccc1C(=O)O. The summed E-state index contributed by atoms with van der Waals surface area (Å²) < 4.78 is 27.4. The molecule has 0 aliphatic rings. The highest BCUT2D eigenvalue weighted by Gasteiger charge is 2.19. The predicted octanol–water partition coefficient (Wildman–Crippen LogP) is 0.949. The standard InChI is InChI=1S/C10H13N3O6S/c1-2-5-11-20(18,19)12-9-6-7(13(16)17)3-4-8(9)10(14)15/h3-4,6,11-12H,2,5H2,1H3,(H,14,15). The smallest absolute Gasteiger partial charge is 0.337 e. The van der Waals surface area contributed by atoms with Crippen molar-refractivity contribution in [2.45, 2.75) is 13.3 Å². The van der Waals surface area contributed by atoms with Crippen molar-refractivity contribution in [1.29, 1.82) is 0 Å². The molecule has 0 radical (unpaired) electrons. The third kappa shape index (κ3) is 4.17. The second-order valence-electron chi connectivity index (χ2n) is 3.79. The minimum absolute atomic E-state index is 0.159. The molecule has 0 aromatic heterocycles. The van der Waals surface area contributed by atoms with Gasteiger partial charge in [0.1, 0.15) is 0 Å². The van der Waals surface area contributed by atoms with Crippen LogP contribution in [0.25, 0.3) is 0 Å². The third-order valence-corrected chi connectivity index (χ3v) is 3.30. The van der Waals surface area contributed by atoms with Crippen LogP contribution in [-0.4, -0.2) is 31.0 Å². The van der Waals surface area contributed by atoms with Gasteiger partial charge in [0.05, 0.1) is 16.2 Å². The van der Waals surface area contributed by atoms with Crippen molar-refractivity contribution < 1.29 is 23.2 Å². The lowest BCUT2D eigenvalue weighted by molar-refractivity contribution is -0.384. The monoisotopic (exact) mass is 303 g/mol. The van der Waals surface area contributed by atoms with Gasteiger partial charge in [-0.2, -0.15) is 13.1 Å². The second kappa shape index (κ2) is 6.30. The molecule has 3 N–H and O–H groups in total. The van der Waals surface area contributed by atoms with Crippen LogP contribution >= 0.6 is 0 Å². The largest absolute Gasteiger partial charge is 0.478 e. The first kappa shape index (κ1) is 15.9. The number of nitrogens with one attached hydrogen (secondary N) is 2. The summed E-state index contributed by atoms with van der Waals surface area (Å²) in [5.41, 5.74) is -1.16. The molecule has 110 valence electrons. The van der Waals surface area contributed by atoms with Crippen LogP contribution in [0.5, 0.6) is 0 Å². The maximum absolute atomic E-state index is 11.6. The molecule has 0 atom stereocenters. The molecule has 0 bridgehead atoms. The van der Waals surface area contributed by atoms with Crippen LogP contribution < -0.4 is 9.44 Å². The van der Waals surface area contributed by atoms with Crippen molar-refractivity contribution in [3.05, 3.63) is 33.9 Å². The summed E-state index contributed by atoms with van der Waals surface area (Å²) in [6, 6.07) is 2.81. The van der Waals surface area contributed by atoms with Gasteiger partial charge in [0.2, 0.25) is 0 Å². The molecule has 9 nitrogen and oxygen atoms in total. The summed E-state index contributed by atoms with van der Waals surface area (Å²) >= 11 is 0. The first-order valence-electron chi connectivity index (χ1n) is 5.56. The Labute approximate surface area is 114 Å². The minimum atomic E-state index is -3.98. The normalized spacial score (nSPS) is 11.1. The summed E-state index contributed by atoms with van der Waals surface area (Å²) in [5, 5.41) is 19.6. The van der Waals surface area contributed by atoms with Crippen molar-refractivity contribution in [2.75, 3.05) is 11.3 Å². The number of rotatable bonds is 7. The van der Waals surface area contributed by atoms with Crippen LogP contribution in [0.2, 0.25) is 0 Å². The molecular formula is C10H13N3O6S. The highest BCUT2D eigenvalue weighted by atomic mass is 32.2. The zero-order chi connectivity index (χ0) is 15.3. The fourth-order valence-corrected chi connectivity index (χ4v) is 2.34. The van der Waals surface area contributed by atoms with E-state index >= 15 is 0 Å². The zero-order valence-corrected chi connectivity index (χ0v) is 11.3. The lowest BCUT2D eigenvalue weighted by Crippen LogP contribution is -2.31. The Hall–Kier alpha value is -2.20. The maximum atomic E-state index is 11.6. The number of aromatic carboxylic acids is 1. The van der Waals surface area contributed by atoms with Gasteiger partial charge in [-0.05, 0) is 12.5 Å². The van der Waals surface area contributed by atoms with Gasteiger partial charge in [0, 0.05) is 18.7 Å². The number of hydrogen-bond donors (Lipinski definition) is 3. The maximum Gasteiger partial charge on any atom is 0.337 e. The van der Waals surface area contributed by atoms with E-state index in [0.717, 1.165) is 18.2 Å². The number of nitro benzene ring substituents is 1. The van der Waals surface area contributed by atoms with E-state index in [9.17, 15) is 23.3 Å². The van der Waals surface area contributed by atoms with Crippen LogP contribution in [0.3, 0.4) is 0 Å². The van der Waals surface area contributed by atoms with E-state index in [2.05, 4.69) is 4.72 Å². The van der Waals surface area contributed by atoms with E-state index in [-0.39, 0.29) is 17.8 Å². The molecule has 0 saturated heterocycles. The van der Waals surface area contributed by atoms with Crippen LogP contribution in [0, 0.1) is 10.1 Å². The van der Waals surface area contributed by atoms with Crippen molar-refractivity contribution in [2.24, 2.45) is 0 Å². The Morgan fingerprint density at radius 1 is 1.45 bits per heavy atom. The first-order chi connectivity index (χ1) is 9.26. The topological polar surface area (TPSA) is 139 Å². The Morgan fingerprint density at radius 3 is 2.60 bits per heavy atom. The van der Waals surface area contributed by atoms with Crippen LogP contribution in [0.15, 0.2) is 18.2 Å². The molecule has 1 rings (SSSR count). The predicted molar refractivity (Wildman–Crippen MR) is 70.9 cm³/mol. The quantitative estimate of drug-likeness (QED) is 0.506. The number of anilines is 1. The van der Waals surface area contributed by atoms with Gasteiger partial charge < -0.3 is 5.11 Å². The zero-order valence-electron chi connectivity index (χ0n) is 10.5. The Kier molecular flexibility index (Phi) is 5.00. The van der Waals surface area contributed by atoms with E-state index in [1.54, 1.807) is 6.92 Å². The average molecular weight is 303 g/mol. The van der Waals surface area contributed by atoms with Crippen LogP contribution in [-0.2, 0) is 10.2 Å². The fourth-order valence-electron chi connectivity index (χ4n) is 1.33. The Balaban J connectivity index is 3.17. The number of hydrogen-bond acceptors (Lipinski definition) is 5. The molecule has 20 heavy (non-hydrogen) atoms. The van der Waals surface area contributed by atoms with E-state index in [1.807, 2.05) is 4.72 Å². The molecule has 0 saturated carbocycles. The van der Waals surface area contributed by atoms with Crippen LogP contribution in [0.1, 0.15) is 23.7 Å². The van der Waals surface area contributed by atoms with Gasteiger partial charge in [-0.1, -0.05) is 6.92 Å². The van der Waals surface area contributed by atoms with Crippen LogP contribution in [0.4, 0.5) is 11.4 Å². The van der Waals surface area contributed by atoms with E-state index < -0.39 is 26.8 Å². The fraction of sp³-hybridized carbons (Fsp3) is 0.300. The lowest BCUT2D eigenvalue weighted by atomic mass is 10.1. The van der Waals surface area contributed by atoms with Crippen molar-refractivity contribution >= 4 is 27.6 Å². The molecule has 0 fully saturated rings. The molecule has 1 aromatic carbocycles. The van der Waals surface area contributed by atoms with Crippen molar-refractivity contribution in [3.8, 4) is 0 Å². The number of nitro groups is 1. The second-order valence-corrected chi connectivity index (χ2v) is 5.29. The number of carboxylic acid groups (broad SMARTS) is 1. The van der Waals surface area contributed by atoms with Gasteiger partial charge in [-0.3, -0.25) is 14.8 Å². The molecule has 10 heteroatoms. The van der Waals surface area contributed by atoms with Gasteiger partial charge in [0.25, 0.3) is 15.9 Å². The summed E-state index contributed by atoms with van der Waals surface area (Å²) in [6.07, 6.45) is 0.543.